The first-order valence-corrected chi connectivity index (χ1v) is 12.2. The molecule has 0 saturated heterocycles. The average molecular weight is 467 g/mol. The quantitative estimate of drug-likeness (QED) is 0.503. The molecule has 2 aromatic rings. The second-order valence-electron chi connectivity index (χ2n) is 9.86. The van der Waals surface area contributed by atoms with Crippen LogP contribution in [-0.4, -0.2) is 54.8 Å². The fourth-order valence-corrected chi connectivity index (χ4v) is 5.04. The molecule has 0 spiro atoms. The number of aromatic nitrogens is 2. The standard InChI is InChI=1S/C26H34N4O4/c1-17-10-8-9-11-19(17)14-30-24(33)22-21(23(32)18(2)31)27-16-29(22)15-26(30,3)25(34)28-20-12-6-4-5-7-13-20/h8-11,16,18,20,31H,4-7,12-15H2,1-3H3,(H,28,34). The van der Waals surface area contributed by atoms with E-state index in [1.54, 1.807) is 16.4 Å². The molecule has 2 unspecified atom stereocenters. The number of aryl methyl sites for hydroxylation is 1. The predicted octanol–water partition coefficient (Wildman–Crippen LogP) is 3.01. The van der Waals surface area contributed by atoms with E-state index in [0.717, 1.165) is 36.8 Å². The Morgan fingerprint density at radius 1 is 1.21 bits per heavy atom. The number of imidazole rings is 1. The molecule has 2 heterocycles. The molecule has 1 aromatic carbocycles. The van der Waals surface area contributed by atoms with Crippen molar-refractivity contribution in [2.24, 2.45) is 0 Å². The summed E-state index contributed by atoms with van der Waals surface area (Å²) < 4.78 is 1.58. The van der Waals surface area contributed by atoms with Gasteiger partial charge in [0.1, 0.15) is 23.0 Å². The third-order valence-electron chi connectivity index (χ3n) is 7.24. The van der Waals surface area contributed by atoms with Gasteiger partial charge in [0.15, 0.2) is 0 Å². The first-order chi connectivity index (χ1) is 16.2. The van der Waals surface area contributed by atoms with Crippen molar-refractivity contribution in [1.82, 2.24) is 19.8 Å². The highest BCUT2D eigenvalue weighted by Gasteiger charge is 2.49. The Bertz CT molecular complexity index is 1080. The van der Waals surface area contributed by atoms with Crippen molar-refractivity contribution in [3.8, 4) is 0 Å². The summed E-state index contributed by atoms with van der Waals surface area (Å²) in [4.78, 5) is 45.9. The molecule has 0 radical (unpaired) electrons. The van der Waals surface area contributed by atoms with E-state index in [9.17, 15) is 19.5 Å². The van der Waals surface area contributed by atoms with Gasteiger partial charge in [-0.3, -0.25) is 14.4 Å². The number of carbonyl (C=O) groups is 3. The minimum atomic E-state index is -1.27. The molecule has 2 aliphatic rings. The van der Waals surface area contributed by atoms with Crippen molar-refractivity contribution < 1.29 is 19.5 Å². The van der Waals surface area contributed by atoms with Gasteiger partial charge >= 0.3 is 0 Å². The van der Waals surface area contributed by atoms with Crippen LogP contribution in [0.15, 0.2) is 30.6 Å². The number of benzene rings is 1. The Kier molecular flexibility index (Phi) is 6.89. The molecule has 1 fully saturated rings. The molecule has 1 aliphatic heterocycles. The molecule has 2 amide bonds. The third kappa shape index (κ3) is 4.51. The summed E-state index contributed by atoms with van der Waals surface area (Å²) in [7, 11) is 0. The van der Waals surface area contributed by atoms with Crippen molar-refractivity contribution in [1.29, 1.82) is 0 Å². The predicted molar refractivity (Wildman–Crippen MR) is 127 cm³/mol. The number of nitrogens with one attached hydrogen (secondary N) is 1. The first-order valence-electron chi connectivity index (χ1n) is 12.2. The van der Waals surface area contributed by atoms with Crippen LogP contribution >= 0.6 is 0 Å². The van der Waals surface area contributed by atoms with Crippen molar-refractivity contribution in [3.63, 3.8) is 0 Å². The average Bonchev–Trinajstić information content (AvgIpc) is 3.04. The van der Waals surface area contributed by atoms with E-state index in [0.29, 0.717) is 0 Å². The van der Waals surface area contributed by atoms with E-state index >= 15 is 0 Å². The lowest BCUT2D eigenvalue weighted by molar-refractivity contribution is -0.134. The molecule has 1 saturated carbocycles. The number of rotatable bonds is 6. The van der Waals surface area contributed by atoms with Gasteiger partial charge in [-0.25, -0.2) is 4.98 Å². The zero-order chi connectivity index (χ0) is 24.5. The van der Waals surface area contributed by atoms with Gasteiger partial charge in [-0.1, -0.05) is 49.9 Å². The molecule has 1 aromatic heterocycles. The lowest BCUT2D eigenvalue weighted by Crippen LogP contribution is -2.64. The van der Waals surface area contributed by atoms with E-state index < -0.39 is 23.3 Å². The molecular formula is C26H34N4O4. The molecule has 0 bridgehead atoms. The van der Waals surface area contributed by atoms with Crippen LogP contribution in [0.1, 0.15) is 84.5 Å². The van der Waals surface area contributed by atoms with Gasteiger partial charge in [0.05, 0.1) is 12.9 Å². The van der Waals surface area contributed by atoms with Gasteiger partial charge in [-0.15, -0.1) is 0 Å². The molecule has 34 heavy (non-hydrogen) atoms. The van der Waals surface area contributed by atoms with Crippen LogP contribution in [-0.2, 0) is 17.9 Å². The summed E-state index contributed by atoms with van der Waals surface area (Å²) in [5.41, 5.74) is 0.854. The molecule has 2 atom stereocenters. The van der Waals surface area contributed by atoms with Crippen molar-refractivity contribution >= 4 is 17.6 Å². The Balaban J connectivity index is 1.72. The van der Waals surface area contributed by atoms with Crippen molar-refractivity contribution in [3.05, 3.63) is 53.1 Å². The van der Waals surface area contributed by atoms with Crippen molar-refractivity contribution in [2.75, 3.05) is 0 Å². The molecule has 182 valence electrons. The highest BCUT2D eigenvalue weighted by atomic mass is 16.3. The summed E-state index contributed by atoms with van der Waals surface area (Å²) in [5.74, 6) is -1.23. The lowest BCUT2D eigenvalue weighted by atomic mass is 9.91. The van der Waals surface area contributed by atoms with Crippen LogP contribution in [0.2, 0.25) is 0 Å². The number of hydrogen-bond donors (Lipinski definition) is 2. The normalized spacial score (nSPS) is 22.1. The number of amides is 2. The fourth-order valence-electron chi connectivity index (χ4n) is 5.04. The van der Waals surface area contributed by atoms with E-state index in [1.165, 1.54) is 26.1 Å². The van der Waals surface area contributed by atoms with Gasteiger partial charge in [0, 0.05) is 12.6 Å². The Labute approximate surface area is 200 Å². The maximum Gasteiger partial charge on any atom is 0.274 e. The van der Waals surface area contributed by atoms with Crippen LogP contribution in [0, 0.1) is 6.92 Å². The molecule has 1 aliphatic carbocycles. The van der Waals surface area contributed by atoms with Gasteiger partial charge in [-0.2, -0.15) is 0 Å². The summed E-state index contributed by atoms with van der Waals surface area (Å²) >= 11 is 0. The van der Waals surface area contributed by atoms with Crippen LogP contribution in [0.4, 0.5) is 0 Å². The Hall–Kier alpha value is -3.00. The lowest BCUT2D eigenvalue weighted by Gasteiger charge is -2.44. The summed E-state index contributed by atoms with van der Waals surface area (Å²) in [6.07, 6.45) is 6.57. The van der Waals surface area contributed by atoms with Crippen LogP contribution < -0.4 is 5.32 Å². The second kappa shape index (κ2) is 9.70. The first kappa shape index (κ1) is 24.1. The highest BCUT2D eigenvalue weighted by molar-refractivity contribution is 6.09. The monoisotopic (exact) mass is 466 g/mol. The number of aliphatic hydroxyl groups is 1. The number of fused-ring (bicyclic) bond motifs is 1. The van der Waals surface area contributed by atoms with Crippen LogP contribution in [0.3, 0.4) is 0 Å². The molecule has 8 nitrogen and oxygen atoms in total. The fraction of sp³-hybridized carbons (Fsp3) is 0.538. The topological polar surface area (TPSA) is 105 Å². The Morgan fingerprint density at radius 3 is 2.53 bits per heavy atom. The van der Waals surface area contributed by atoms with E-state index in [2.05, 4.69) is 10.3 Å². The van der Waals surface area contributed by atoms with E-state index in [1.807, 2.05) is 31.2 Å². The SMILES string of the molecule is Cc1ccccc1CN1C(=O)c2c(C(=O)C(C)O)ncn2CC1(C)C(=O)NC1CCCCCC1. The molecular weight excluding hydrogens is 432 g/mol. The summed E-state index contributed by atoms with van der Waals surface area (Å²) in [5, 5.41) is 13.1. The van der Waals surface area contributed by atoms with Gasteiger partial charge in [0.2, 0.25) is 11.7 Å². The zero-order valence-electron chi connectivity index (χ0n) is 20.2. The van der Waals surface area contributed by atoms with E-state index in [4.69, 9.17) is 0 Å². The molecule has 4 rings (SSSR count). The number of Topliss-reactive ketones (excluding diaryl/α,β-unsaturated/α-hetero) is 1. The molecule has 8 heteroatoms. The third-order valence-corrected chi connectivity index (χ3v) is 7.24. The van der Waals surface area contributed by atoms with Crippen LogP contribution in [0.25, 0.3) is 0 Å². The number of carbonyl (C=O) groups excluding carboxylic acids is 3. The number of nitrogens with zero attached hydrogens (tertiary/aromatic N) is 3. The largest absolute Gasteiger partial charge is 0.385 e. The summed E-state index contributed by atoms with van der Waals surface area (Å²) in [6.45, 7) is 5.52. The maximum absolute atomic E-state index is 13.9. The number of ketones is 1. The van der Waals surface area contributed by atoms with Gasteiger partial charge in [0.25, 0.3) is 5.91 Å². The number of hydrogen-bond acceptors (Lipinski definition) is 5. The Morgan fingerprint density at radius 2 is 1.88 bits per heavy atom. The highest BCUT2D eigenvalue weighted by Crippen LogP contribution is 2.32. The molecule has 2 N–H and O–H groups in total. The van der Waals surface area contributed by atoms with Gasteiger partial charge < -0.3 is 19.9 Å². The minimum absolute atomic E-state index is 0.0546. The maximum atomic E-state index is 13.9. The van der Waals surface area contributed by atoms with E-state index in [-0.39, 0.29) is 36.4 Å². The minimum Gasteiger partial charge on any atom is -0.385 e. The zero-order valence-corrected chi connectivity index (χ0v) is 20.2. The summed E-state index contributed by atoms with van der Waals surface area (Å²) in [6, 6.07) is 7.86. The van der Waals surface area contributed by atoms with Crippen molar-refractivity contribution in [2.45, 2.75) is 90.1 Å². The smallest absolute Gasteiger partial charge is 0.274 e. The number of aliphatic hydroxyl groups excluding tert-OH is 1. The van der Waals surface area contributed by atoms with Gasteiger partial charge in [-0.05, 0) is 44.7 Å². The second-order valence-corrected chi connectivity index (χ2v) is 9.86. The van der Waals surface area contributed by atoms with Crippen LogP contribution in [0.5, 0.6) is 0 Å².